The van der Waals surface area contributed by atoms with Crippen LogP contribution in [0.1, 0.15) is 24.9 Å². The largest absolute Gasteiger partial charge is 0.385 e. The summed E-state index contributed by atoms with van der Waals surface area (Å²) in [6.07, 6.45) is 6.72. The van der Waals surface area contributed by atoms with Gasteiger partial charge >= 0.3 is 0 Å². The predicted molar refractivity (Wildman–Crippen MR) is 88.2 cm³/mol. The highest BCUT2D eigenvalue weighted by molar-refractivity contribution is 5.74. The standard InChI is InChI=1S/C16H22N6O/c1-5-15(20(2)3)16(21-9-8-17-11-21)12-6-7-13-14(10-12)19-22(18-13)23-4/h6-11,15-16H,5H2,1-4H3. The van der Waals surface area contributed by atoms with Crippen LogP contribution in [-0.4, -0.2) is 56.9 Å². The molecule has 2 aromatic heterocycles. The molecule has 3 rings (SSSR count). The first kappa shape index (κ1) is 15.5. The van der Waals surface area contributed by atoms with E-state index in [1.807, 2.05) is 24.8 Å². The molecule has 2 heterocycles. The number of hydrogen-bond donors (Lipinski definition) is 0. The van der Waals surface area contributed by atoms with Crippen LogP contribution in [0.15, 0.2) is 36.9 Å². The highest BCUT2D eigenvalue weighted by Gasteiger charge is 2.25. The number of aromatic nitrogens is 5. The van der Waals surface area contributed by atoms with E-state index in [0.29, 0.717) is 6.04 Å². The van der Waals surface area contributed by atoms with E-state index in [2.05, 4.69) is 57.8 Å². The number of likely N-dealkylation sites (N-methyl/N-ethyl adjacent to an activating group) is 1. The van der Waals surface area contributed by atoms with Gasteiger partial charge in [0.1, 0.15) is 18.1 Å². The van der Waals surface area contributed by atoms with Crippen molar-refractivity contribution in [2.75, 3.05) is 21.2 Å². The van der Waals surface area contributed by atoms with Gasteiger partial charge in [-0.25, -0.2) is 4.98 Å². The molecule has 0 bridgehead atoms. The van der Waals surface area contributed by atoms with E-state index in [4.69, 9.17) is 4.84 Å². The Hall–Kier alpha value is -2.41. The molecule has 0 radical (unpaired) electrons. The summed E-state index contributed by atoms with van der Waals surface area (Å²) in [6, 6.07) is 6.68. The summed E-state index contributed by atoms with van der Waals surface area (Å²) in [4.78, 5) is 12.8. The van der Waals surface area contributed by atoms with E-state index >= 15 is 0 Å². The fourth-order valence-electron chi connectivity index (χ4n) is 3.08. The monoisotopic (exact) mass is 314 g/mol. The summed E-state index contributed by atoms with van der Waals surface area (Å²) in [5, 5.41) is 8.58. The molecule has 0 saturated heterocycles. The Morgan fingerprint density at radius 1 is 1.22 bits per heavy atom. The maximum Gasteiger partial charge on any atom is 0.117 e. The van der Waals surface area contributed by atoms with Gasteiger partial charge in [-0.05, 0) is 43.2 Å². The summed E-state index contributed by atoms with van der Waals surface area (Å²) in [6.45, 7) is 2.20. The SMILES string of the molecule is CCC(C(c1ccc2nn(OC)nc2c1)n1ccnc1)N(C)C. The van der Waals surface area contributed by atoms with E-state index in [1.165, 1.54) is 10.5 Å². The fourth-order valence-corrected chi connectivity index (χ4v) is 3.08. The van der Waals surface area contributed by atoms with Gasteiger partial charge in [-0.1, -0.05) is 13.0 Å². The molecule has 1 aromatic carbocycles. The minimum Gasteiger partial charge on any atom is -0.385 e. The zero-order valence-electron chi connectivity index (χ0n) is 13.9. The van der Waals surface area contributed by atoms with Crippen LogP contribution in [-0.2, 0) is 0 Å². The van der Waals surface area contributed by atoms with Gasteiger partial charge in [-0.15, -0.1) is 10.2 Å². The number of rotatable bonds is 6. The highest BCUT2D eigenvalue weighted by atomic mass is 16.7. The maximum absolute atomic E-state index is 5.05. The molecule has 2 atom stereocenters. The van der Waals surface area contributed by atoms with Gasteiger partial charge in [-0.3, -0.25) is 0 Å². The van der Waals surface area contributed by atoms with Gasteiger partial charge in [0.2, 0.25) is 0 Å². The molecule has 0 aliphatic heterocycles. The van der Waals surface area contributed by atoms with Crippen LogP contribution in [0, 0.1) is 0 Å². The lowest BCUT2D eigenvalue weighted by Gasteiger charge is -2.32. The van der Waals surface area contributed by atoms with Crippen LogP contribution in [0.5, 0.6) is 0 Å². The molecule has 0 spiro atoms. The summed E-state index contributed by atoms with van der Waals surface area (Å²) in [5.41, 5.74) is 2.82. The zero-order chi connectivity index (χ0) is 16.4. The first-order valence-corrected chi connectivity index (χ1v) is 7.69. The Bertz CT molecular complexity index is 764. The fraction of sp³-hybridized carbons (Fsp3) is 0.438. The minimum atomic E-state index is 0.162. The van der Waals surface area contributed by atoms with Crippen molar-refractivity contribution in [3.63, 3.8) is 0 Å². The van der Waals surface area contributed by atoms with Crippen molar-refractivity contribution in [3.05, 3.63) is 42.5 Å². The van der Waals surface area contributed by atoms with Crippen molar-refractivity contribution >= 4 is 11.0 Å². The molecule has 0 N–H and O–H groups in total. The smallest absolute Gasteiger partial charge is 0.117 e. The third-order valence-electron chi connectivity index (χ3n) is 4.18. The Labute approximate surface area is 135 Å². The molecule has 0 amide bonds. The van der Waals surface area contributed by atoms with Crippen molar-refractivity contribution in [2.45, 2.75) is 25.4 Å². The average molecular weight is 314 g/mol. The van der Waals surface area contributed by atoms with E-state index in [9.17, 15) is 0 Å². The second-order valence-corrected chi connectivity index (χ2v) is 5.78. The lowest BCUT2D eigenvalue weighted by atomic mass is 9.96. The van der Waals surface area contributed by atoms with Gasteiger partial charge < -0.3 is 14.3 Å². The second-order valence-electron chi connectivity index (χ2n) is 5.78. The van der Waals surface area contributed by atoms with Crippen molar-refractivity contribution in [3.8, 4) is 0 Å². The Balaban J connectivity index is 2.08. The van der Waals surface area contributed by atoms with Crippen LogP contribution in [0.25, 0.3) is 11.0 Å². The van der Waals surface area contributed by atoms with E-state index in [0.717, 1.165) is 17.5 Å². The van der Waals surface area contributed by atoms with Crippen molar-refractivity contribution in [2.24, 2.45) is 0 Å². The summed E-state index contributed by atoms with van der Waals surface area (Å²) in [5.74, 6) is 0. The van der Waals surface area contributed by atoms with Gasteiger partial charge in [0, 0.05) is 18.4 Å². The highest BCUT2D eigenvalue weighted by Crippen LogP contribution is 2.28. The van der Waals surface area contributed by atoms with Crippen LogP contribution >= 0.6 is 0 Å². The van der Waals surface area contributed by atoms with Crippen LogP contribution in [0.2, 0.25) is 0 Å². The normalized spacial score (nSPS) is 14.3. The molecule has 2 unspecified atom stereocenters. The number of benzene rings is 1. The molecule has 122 valence electrons. The molecule has 0 saturated carbocycles. The van der Waals surface area contributed by atoms with Crippen LogP contribution in [0.4, 0.5) is 0 Å². The first-order valence-electron chi connectivity index (χ1n) is 7.69. The van der Waals surface area contributed by atoms with E-state index < -0.39 is 0 Å². The molecule has 7 nitrogen and oxygen atoms in total. The van der Waals surface area contributed by atoms with Gasteiger partial charge in [0.05, 0.1) is 12.4 Å². The van der Waals surface area contributed by atoms with Crippen LogP contribution < -0.4 is 4.84 Å². The van der Waals surface area contributed by atoms with E-state index in [-0.39, 0.29) is 6.04 Å². The lowest BCUT2D eigenvalue weighted by molar-refractivity contribution is 0.102. The third-order valence-corrected chi connectivity index (χ3v) is 4.18. The molecule has 0 aliphatic rings. The number of nitrogens with zero attached hydrogens (tertiary/aromatic N) is 6. The molecule has 7 heteroatoms. The minimum absolute atomic E-state index is 0.162. The summed E-state index contributed by atoms with van der Waals surface area (Å²) in [7, 11) is 5.77. The van der Waals surface area contributed by atoms with Crippen LogP contribution in [0.3, 0.4) is 0 Å². The Kier molecular flexibility index (Phi) is 4.29. The quantitative estimate of drug-likeness (QED) is 0.692. The maximum atomic E-state index is 5.05. The number of fused-ring (bicyclic) bond motifs is 1. The van der Waals surface area contributed by atoms with Crippen molar-refractivity contribution in [1.82, 2.24) is 29.6 Å². The Morgan fingerprint density at radius 2 is 2.00 bits per heavy atom. The average Bonchev–Trinajstić information content (AvgIpc) is 3.20. The van der Waals surface area contributed by atoms with E-state index in [1.54, 1.807) is 7.11 Å². The van der Waals surface area contributed by atoms with Gasteiger partial charge in [0.25, 0.3) is 0 Å². The molecule has 0 aliphatic carbocycles. The third kappa shape index (κ3) is 2.92. The molecule has 23 heavy (non-hydrogen) atoms. The summed E-state index contributed by atoms with van der Waals surface area (Å²) < 4.78 is 2.15. The molecular formula is C16H22N6O. The molecular weight excluding hydrogens is 292 g/mol. The zero-order valence-corrected chi connectivity index (χ0v) is 13.9. The topological polar surface area (TPSA) is 61.0 Å². The van der Waals surface area contributed by atoms with Crippen molar-refractivity contribution < 1.29 is 4.84 Å². The number of hydrogen-bond acceptors (Lipinski definition) is 5. The number of imidazole rings is 1. The Morgan fingerprint density at radius 3 is 2.61 bits per heavy atom. The predicted octanol–water partition coefficient (Wildman–Crippen LogP) is 1.62. The first-order chi connectivity index (χ1) is 11.1. The molecule has 3 aromatic rings. The summed E-state index contributed by atoms with van der Waals surface area (Å²) >= 11 is 0. The van der Waals surface area contributed by atoms with Gasteiger partial charge in [-0.2, -0.15) is 0 Å². The second kappa shape index (κ2) is 6.37. The lowest BCUT2D eigenvalue weighted by Crippen LogP contribution is -2.36. The van der Waals surface area contributed by atoms with Crippen molar-refractivity contribution in [1.29, 1.82) is 0 Å². The molecule has 0 fully saturated rings. The van der Waals surface area contributed by atoms with Gasteiger partial charge in [0.15, 0.2) is 0 Å².